The fourth-order valence-electron chi connectivity index (χ4n) is 1.55. The van der Waals surface area contributed by atoms with Gasteiger partial charge in [-0.1, -0.05) is 0 Å². The van der Waals surface area contributed by atoms with Crippen molar-refractivity contribution in [2.75, 3.05) is 32.2 Å². The number of carbonyl (C=O) groups is 1. The molecule has 1 aromatic carbocycles. The molecule has 0 spiro atoms. The number of ether oxygens (including phenoxy) is 1. The highest BCUT2D eigenvalue weighted by Gasteiger charge is 2.35. The second-order valence-electron chi connectivity index (χ2n) is 3.95. The van der Waals surface area contributed by atoms with Crippen molar-refractivity contribution in [2.45, 2.75) is 6.18 Å². The highest BCUT2D eigenvalue weighted by Crippen LogP contribution is 2.34. The Balaban J connectivity index is 3.15. The molecule has 1 N–H and O–H groups in total. The van der Waals surface area contributed by atoms with Gasteiger partial charge in [-0.25, -0.2) is 4.79 Å². The lowest BCUT2D eigenvalue weighted by Gasteiger charge is -2.21. The lowest BCUT2D eigenvalue weighted by Crippen LogP contribution is -2.23. The van der Waals surface area contributed by atoms with E-state index in [0.29, 0.717) is 13.2 Å². The number of rotatable bonds is 5. The molecule has 0 saturated heterocycles. The van der Waals surface area contributed by atoms with E-state index in [-0.39, 0.29) is 5.69 Å². The molecule has 0 bridgehead atoms. The van der Waals surface area contributed by atoms with Gasteiger partial charge in [-0.3, -0.25) is 0 Å². The average Bonchev–Trinajstić information content (AvgIpc) is 2.34. The number of methoxy groups -OCH3 is 1. The Bertz CT molecular complexity index is 460. The molecule has 0 aromatic heterocycles. The lowest BCUT2D eigenvalue weighted by molar-refractivity contribution is -0.138. The smallest absolute Gasteiger partial charge is 0.417 e. The Morgan fingerprint density at radius 3 is 2.53 bits per heavy atom. The fraction of sp³-hybridized carbons (Fsp3) is 0.417. The third kappa shape index (κ3) is 3.85. The predicted molar refractivity (Wildman–Crippen MR) is 63.5 cm³/mol. The van der Waals surface area contributed by atoms with Gasteiger partial charge in [-0.2, -0.15) is 13.2 Å². The largest absolute Gasteiger partial charge is 0.478 e. The topological polar surface area (TPSA) is 49.8 Å². The molecule has 0 aliphatic rings. The summed E-state index contributed by atoms with van der Waals surface area (Å²) in [7, 11) is 3.09. The van der Waals surface area contributed by atoms with Gasteiger partial charge in [0.25, 0.3) is 0 Å². The first kappa shape index (κ1) is 15.3. The Labute approximate surface area is 108 Å². The highest BCUT2D eigenvalue weighted by atomic mass is 19.4. The number of aromatic carboxylic acids is 1. The number of halogens is 3. The first-order valence-corrected chi connectivity index (χ1v) is 5.42. The van der Waals surface area contributed by atoms with Gasteiger partial charge in [0.15, 0.2) is 0 Å². The summed E-state index contributed by atoms with van der Waals surface area (Å²) in [4.78, 5) is 12.3. The van der Waals surface area contributed by atoms with E-state index in [1.165, 1.54) is 13.2 Å². The van der Waals surface area contributed by atoms with Crippen LogP contribution >= 0.6 is 0 Å². The summed E-state index contributed by atoms with van der Waals surface area (Å²) in [5, 5.41) is 8.77. The van der Waals surface area contributed by atoms with Crippen LogP contribution in [0.3, 0.4) is 0 Å². The first-order chi connectivity index (χ1) is 8.77. The maximum Gasteiger partial charge on any atom is 0.417 e. The first-order valence-electron chi connectivity index (χ1n) is 5.42. The van der Waals surface area contributed by atoms with Gasteiger partial charge >= 0.3 is 12.1 Å². The minimum Gasteiger partial charge on any atom is -0.478 e. The quantitative estimate of drug-likeness (QED) is 0.898. The van der Waals surface area contributed by atoms with Crippen LogP contribution in [0, 0.1) is 0 Å². The maximum atomic E-state index is 12.8. The number of alkyl halides is 3. The number of benzene rings is 1. The zero-order valence-electron chi connectivity index (χ0n) is 10.5. The number of hydrogen-bond donors (Lipinski definition) is 1. The minimum atomic E-state index is -4.70. The zero-order valence-corrected chi connectivity index (χ0v) is 10.5. The Morgan fingerprint density at radius 2 is 2.05 bits per heavy atom. The molecule has 0 amide bonds. The van der Waals surface area contributed by atoms with Gasteiger partial charge in [0, 0.05) is 26.4 Å². The molecule has 0 unspecified atom stereocenters. The molecule has 0 saturated carbocycles. The van der Waals surface area contributed by atoms with E-state index in [9.17, 15) is 18.0 Å². The molecular weight excluding hydrogens is 263 g/mol. The molecule has 0 atom stereocenters. The van der Waals surface area contributed by atoms with Gasteiger partial charge in [0.2, 0.25) is 0 Å². The van der Waals surface area contributed by atoms with Crippen LogP contribution in [0.2, 0.25) is 0 Å². The summed E-state index contributed by atoms with van der Waals surface area (Å²) in [6.45, 7) is 0.763. The van der Waals surface area contributed by atoms with Gasteiger partial charge in [0.05, 0.1) is 17.7 Å². The van der Waals surface area contributed by atoms with E-state index in [1.807, 2.05) is 0 Å². The van der Waals surface area contributed by atoms with Gasteiger partial charge < -0.3 is 14.7 Å². The third-order valence-corrected chi connectivity index (χ3v) is 2.61. The van der Waals surface area contributed by atoms with Crippen LogP contribution in [0.15, 0.2) is 18.2 Å². The molecule has 4 nitrogen and oxygen atoms in total. The molecule has 0 radical (unpaired) electrons. The SMILES string of the molecule is COCCN(C)c1ccc(C(=O)O)c(C(F)(F)F)c1. The van der Waals surface area contributed by atoms with E-state index < -0.39 is 23.3 Å². The highest BCUT2D eigenvalue weighted by molar-refractivity contribution is 5.90. The molecule has 0 aliphatic carbocycles. The van der Waals surface area contributed by atoms with E-state index >= 15 is 0 Å². The summed E-state index contributed by atoms with van der Waals surface area (Å²) in [6, 6.07) is 3.14. The summed E-state index contributed by atoms with van der Waals surface area (Å²) in [5.41, 5.74) is -1.62. The number of carboxylic acids is 1. The van der Waals surface area contributed by atoms with Gasteiger partial charge in [-0.05, 0) is 18.2 Å². The Hall–Kier alpha value is -1.76. The van der Waals surface area contributed by atoms with Crippen LogP contribution in [-0.2, 0) is 10.9 Å². The van der Waals surface area contributed by atoms with Crippen molar-refractivity contribution in [2.24, 2.45) is 0 Å². The monoisotopic (exact) mass is 277 g/mol. The molecule has 19 heavy (non-hydrogen) atoms. The van der Waals surface area contributed by atoms with Crippen molar-refractivity contribution >= 4 is 11.7 Å². The van der Waals surface area contributed by atoms with Gasteiger partial charge in [-0.15, -0.1) is 0 Å². The van der Waals surface area contributed by atoms with E-state index in [0.717, 1.165) is 12.1 Å². The molecule has 0 aliphatic heterocycles. The van der Waals surface area contributed by atoms with E-state index in [4.69, 9.17) is 9.84 Å². The lowest BCUT2D eigenvalue weighted by atomic mass is 10.1. The molecule has 0 heterocycles. The van der Waals surface area contributed by atoms with Crippen molar-refractivity contribution in [3.8, 4) is 0 Å². The van der Waals surface area contributed by atoms with Crippen molar-refractivity contribution in [3.63, 3.8) is 0 Å². The summed E-state index contributed by atoms with van der Waals surface area (Å²) >= 11 is 0. The second kappa shape index (κ2) is 5.92. The number of nitrogens with zero attached hydrogens (tertiary/aromatic N) is 1. The fourth-order valence-corrected chi connectivity index (χ4v) is 1.55. The van der Waals surface area contributed by atoms with Crippen molar-refractivity contribution in [1.29, 1.82) is 0 Å². The normalized spacial score (nSPS) is 11.4. The van der Waals surface area contributed by atoms with Crippen LogP contribution in [0.4, 0.5) is 18.9 Å². The average molecular weight is 277 g/mol. The summed E-state index contributed by atoms with van der Waals surface area (Å²) in [5.74, 6) is -1.60. The third-order valence-electron chi connectivity index (χ3n) is 2.61. The van der Waals surface area contributed by atoms with E-state index in [1.54, 1.807) is 11.9 Å². The molecular formula is C12H14F3NO3. The standard InChI is InChI=1S/C12H14F3NO3/c1-16(5-6-19-2)8-3-4-9(11(17)18)10(7-8)12(13,14)15/h3-4,7H,5-6H2,1-2H3,(H,17,18). The van der Waals surface area contributed by atoms with Crippen LogP contribution in [-0.4, -0.2) is 38.4 Å². The molecule has 7 heteroatoms. The number of anilines is 1. The second-order valence-corrected chi connectivity index (χ2v) is 3.95. The Kier molecular flexibility index (Phi) is 4.77. The summed E-state index contributed by atoms with van der Waals surface area (Å²) in [6.07, 6.45) is -4.70. The number of carboxylic acid groups (broad SMARTS) is 1. The zero-order chi connectivity index (χ0) is 14.6. The van der Waals surface area contributed by atoms with Crippen molar-refractivity contribution < 1.29 is 27.8 Å². The Morgan fingerprint density at radius 1 is 1.42 bits per heavy atom. The number of hydrogen-bond acceptors (Lipinski definition) is 3. The van der Waals surface area contributed by atoms with Crippen LogP contribution in [0.5, 0.6) is 0 Å². The number of likely N-dealkylation sites (N-methyl/N-ethyl adjacent to an activating group) is 1. The molecule has 1 aromatic rings. The van der Waals surface area contributed by atoms with Gasteiger partial charge in [0.1, 0.15) is 0 Å². The summed E-state index contributed by atoms with van der Waals surface area (Å²) < 4.78 is 43.2. The predicted octanol–water partition coefficient (Wildman–Crippen LogP) is 2.49. The van der Waals surface area contributed by atoms with Crippen LogP contribution < -0.4 is 4.90 Å². The van der Waals surface area contributed by atoms with Crippen molar-refractivity contribution in [1.82, 2.24) is 0 Å². The molecule has 1 rings (SSSR count). The molecule has 106 valence electrons. The van der Waals surface area contributed by atoms with E-state index in [2.05, 4.69) is 0 Å². The minimum absolute atomic E-state index is 0.286. The van der Waals surface area contributed by atoms with Crippen LogP contribution in [0.1, 0.15) is 15.9 Å². The molecule has 0 fully saturated rings. The maximum absolute atomic E-state index is 12.8. The van der Waals surface area contributed by atoms with Crippen molar-refractivity contribution in [3.05, 3.63) is 29.3 Å². The van der Waals surface area contributed by atoms with Crippen LogP contribution in [0.25, 0.3) is 0 Å².